The lowest BCUT2D eigenvalue weighted by molar-refractivity contribution is 0.415. The quantitative estimate of drug-likeness (QED) is 0.450. The van der Waals surface area contributed by atoms with Crippen LogP contribution in [-0.2, 0) is 10.0 Å². The molecular weight excluding hydrogens is 402 g/mol. The molecule has 0 heterocycles. The predicted molar refractivity (Wildman–Crippen MR) is 119 cm³/mol. The van der Waals surface area contributed by atoms with Gasteiger partial charge in [-0.05, 0) is 55.5 Å². The topological polar surface area (TPSA) is 55.4 Å². The molecule has 0 spiro atoms. The maximum atomic E-state index is 12.7. The van der Waals surface area contributed by atoms with Crippen molar-refractivity contribution in [3.8, 4) is 17.6 Å². The van der Waals surface area contributed by atoms with Crippen molar-refractivity contribution in [1.82, 2.24) is 0 Å². The van der Waals surface area contributed by atoms with Crippen LogP contribution in [0.1, 0.15) is 11.1 Å². The van der Waals surface area contributed by atoms with Crippen LogP contribution < -0.4 is 9.46 Å². The van der Waals surface area contributed by atoms with E-state index in [9.17, 15) is 8.42 Å². The molecule has 0 aliphatic carbocycles. The number of thioether (sulfide) groups is 1. The van der Waals surface area contributed by atoms with Crippen molar-refractivity contribution in [3.05, 3.63) is 83.9 Å². The third-order valence-corrected chi connectivity index (χ3v) is 6.42. The van der Waals surface area contributed by atoms with Crippen molar-refractivity contribution in [2.45, 2.75) is 16.7 Å². The minimum atomic E-state index is -3.64. The lowest BCUT2D eigenvalue weighted by Gasteiger charge is -2.11. The Hall–Kier alpha value is -2.88. The fourth-order valence-corrected chi connectivity index (χ4v) is 4.42. The largest absolute Gasteiger partial charge is 0.497 e. The fraction of sp³-hybridized carbons (Fsp3) is 0.130. The first-order valence-electron chi connectivity index (χ1n) is 8.92. The molecule has 3 aromatic carbocycles. The second-order valence-corrected chi connectivity index (χ2v) is 8.93. The SMILES string of the molecule is COc1ccc(C#CCSc2ccccc2NS(=O)(=O)c2ccc(C)cc2)cc1. The van der Waals surface area contributed by atoms with Crippen LogP contribution in [0.3, 0.4) is 0 Å². The number of hydrogen-bond acceptors (Lipinski definition) is 4. The van der Waals surface area contributed by atoms with Gasteiger partial charge in [0.05, 0.1) is 23.4 Å². The molecule has 4 nitrogen and oxygen atoms in total. The highest BCUT2D eigenvalue weighted by Crippen LogP contribution is 2.28. The number of ether oxygens (including phenoxy) is 1. The molecule has 1 N–H and O–H groups in total. The zero-order chi connectivity index (χ0) is 20.7. The lowest BCUT2D eigenvalue weighted by Crippen LogP contribution is -2.13. The van der Waals surface area contributed by atoms with E-state index in [0.29, 0.717) is 11.4 Å². The summed E-state index contributed by atoms with van der Waals surface area (Å²) in [6.45, 7) is 1.92. The third kappa shape index (κ3) is 5.80. The number of sulfonamides is 1. The first-order chi connectivity index (χ1) is 14.0. The summed E-state index contributed by atoms with van der Waals surface area (Å²) in [6.07, 6.45) is 0. The Labute approximate surface area is 176 Å². The van der Waals surface area contributed by atoms with Gasteiger partial charge in [0.25, 0.3) is 10.0 Å². The number of methoxy groups -OCH3 is 1. The van der Waals surface area contributed by atoms with Gasteiger partial charge < -0.3 is 4.74 Å². The molecule has 0 aliphatic rings. The van der Waals surface area contributed by atoms with Crippen LogP contribution in [0.15, 0.2) is 82.6 Å². The molecule has 0 aromatic heterocycles. The molecule has 148 valence electrons. The Kier molecular flexibility index (Phi) is 6.86. The fourth-order valence-electron chi connectivity index (χ4n) is 2.52. The molecule has 29 heavy (non-hydrogen) atoms. The lowest BCUT2D eigenvalue weighted by atomic mass is 10.2. The van der Waals surface area contributed by atoms with Crippen molar-refractivity contribution in [2.24, 2.45) is 0 Å². The van der Waals surface area contributed by atoms with Gasteiger partial charge in [0, 0.05) is 10.5 Å². The van der Waals surface area contributed by atoms with Crippen molar-refractivity contribution in [3.63, 3.8) is 0 Å². The predicted octanol–water partition coefficient (Wildman–Crippen LogP) is 4.95. The molecule has 3 rings (SSSR count). The standard InChI is InChI=1S/C23H21NO3S2/c1-18-9-15-21(16-10-18)29(25,26)24-22-7-3-4-8-23(22)28-17-5-6-19-11-13-20(27-2)14-12-19/h3-4,7-16,24H,17H2,1-2H3. The van der Waals surface area contributed by atoms with Gasteiger partial charge in [-0.1, -0.05) is 41.7 Å². The van der Waals surface area contributed by atoms with E-state index in [1.54, 1.807) is 43.5 Å². The van der Waals surface area contributed by atoms with Gasteiger partial charge in [0.15, 0.2) is 0 Å². The van der Waals surface area contributed by atoms with E-state index in [4.69, 9.17) is 4.74 Å². The molecule has 0 atom stereocenters. The molecule has 0 unspecified atom stereocenters. The summed E-state index contributed by atoms with van der Waals surface area (Å²) < 4.78 is 33.2. The molecule has 0 radical (unpaired) electrons. The van der Waals surface area contributed by atoms with Crippen LogP contribution in [0.5, 0.6) is 5.75 Å². The Morgan fingerprint density at radius 2 is 1.66 bits per heavy atom. The minimum Gasteiger partial charge on any atom is -0.497 e. The number of anilines is 1. The van der Waals surface area contributed by atoms with Gasteiger partial charge in [-0.2, -0.15) is 0 Å². The Morgan fingerprint density at radius 3 is 2.34 bits per heavy atom. The monoisotopic (exact) mass is 423 g/mol. The van der Waals surface area contributed by atoms with Gasteiger partial charge >= 0.3 is 0 Å². The van der Waals surface area contributed by atoms with E-state index in [0.717, 1.165) is 21.8 Å². The van der Waals surface area contributed by atoms with E-state index in [2.05, 4.69) is 16.6 Å². The average molecular weight is 424 g/mol. The highest BCUT2D eigenvalue weighted by atomic mass is 32.2. The number of para-hydroxylation sites is 1. The van der Waals surface area contributed by atoms with E-state index in [1.807, 2.05) is 43.3 Å². The maximum Gasteiger partial charge on any atom is 0.261 e. The van der Waals surface area contributed by atoms with Crippen molar-refractivity contribution in [1.29, 1.82) is 0 Å². The van der Waals surface area contributed by atoms with Crippen LogP contribution in [0.2, 0.25) is 0 Å². The second-order valence-electron chi connectivity index (χ2n) is 6.23. The summed E-state index contributed by atoms with van der Waals surface area (Å²) in [7, 11) is -2.02. The molecule has 0 amide bonds. The first-order valence-corrected chi connectivity index (χ1v) is 11.4. The smallest absolute Gasteiger partial charge is 0.261 e. The molecule has 3 aromatic rings. The average Bonchev–Trinajstić information content (AvgIpc) is 2.73. The maximum absolute atomic E-state index is 12.7. The summed E-state index contributed by atoms with van der Waals surface area (Å²) in [4.78, 5) is 1.06. The molecule has 0 fully saturated rings. The van der Waals surface area contributed by atoms with Crippen molar-refractivity contribution < 1.29 is 13.2 Å². The van der Waals surface area contributed by atoms with Crippen LogP contribution in [0.4, 0.5) is 5.69 Å². The van der Waals surface area contributed by atoms with Crippen LogP contribution >= 0.6 is 11.8 Å². The van der Waals surface area contributed by atoms with Crippen LogP contribution in [0, 0.1) is 18.8 Å². The molecule has 0 saturated carbocycles. The molecule has 0 aliphatic heterocycles. The van der Waals surface area contributed by atoms with Crippen LogP contribution in [-0.4, -0.2) is 21.3 Å². The zero-order valence-corrected chi connectivity index (χ0v) is 17.8. The summed E-state index contributed by atoms with van der Waals surface area (Å²) in [5.74, 6) is 7.54. The summed E-state index contributed by atoms with van der Waals surface area (Å²) >= 11 is 1.49. The zero-order valence-electron chi connectivity index (χ0n) is 16.2. The van der Waals surface area contributed by atoms with Crippen molar-refractivity contribution in [2.75, 3.05) is 17.6 Å². The number of aryl methyl sites for hydroxylation is 1. The van der Waals surface area contributed by atoms with E-state index in [-0.39, 0.29) is 4.90 Å². The number of benzene rings is 3. The molecular formula is C23H21NO3S2. The van der Waals surface area contributed by atoms with Gasteiger partial charge in [0.1, 0.15) is 5.75 Å². The normalized spacial score (nSPS) is 10.7. The summed E-state index contributed by atoms with van der Waals surface area (Å²) in [5.41, 5.74) is 2.46. The third-order valence-electron chi connectivity index (χ3n) is 4.09. The summed E-state index contributed by atoms with van der Waals surface area (Å²) in [6, 6.07) is 21.6. The number of nitrogens with one attached hydrogen (secondary N) is 1. The first kappa shape index (κ1) is 20.8. The Morgan fingerprint density at radius 1 is 0.966 bits per heavy atom. The second kappa shape index (κ2) is 9.55. The Bertz CT molecular complexity index is 1130. The Balaban J connectivity index is 1.69. The van der Waals surface area contributed by atoms with E-state index in [1.165, 1.54) is 11.8 Å². The van der Waals surface area contributed by atoms with E-state index >= 15 is 0 Å². The van der Waals surface area contributed by atoms with Gasteiger partial charge in [-0.25, -0.2) is 8.42 Å². The van der Waals surface area contributed by atoms with Crippen molar-refractivity contribution >= 4 is 27.5 Å². The van der Waals surface area contributed by atoms with Gasteiger partial charge in [-0.15, -0.1) is 11.8 Å². The molecule has 0 bridgehead atoms. The van der Waals surface area contributed by atoms with Crippen LogP contribution in [0.25, 0.3) is 0 Å². The molecule has 6 heteroatoms. The highest BCUT2D eigenvalue weighted by molar-refractivity contribution is 7.99. The highest BCUT2D eigenvalue weighted by Gasteiger charge is 2.15. The van der Waals surface area contributed by atoms with Gasteiger partial charge in [-0.3, -0.25) is 4.72 Å². The van der Waals surface area contributed by atoms with Gasteiger partial charge in [0.2, 0.25) is 0 Å². The molecule has 0 saturated heterocycles. The number of rotatable bonds is 6. The number of hydrogen-bond donors (Lipinski definition) is 1. The minimum absolute atomic E-state index is 0.238. The van der Waals surface area contributed by atoms with E-state index < -0.39 is 10.0 Å². The summed E-state index contributed by atoms with van der Waals surface area (Å²) in [5, 5.41) is 0.